The van der Waals surface area contributed by atoms with Gasteiger partial charge in [0.1, 0.15) is 10.1 Å². The predicted molar refractivity (Wildman–Crippen MR) is 133 cm³/mol. The number of anilines is 1. The van der Waals surface area contributed by atoms with E-state index in [1.807, 2.05) is 62.4 Å². The standard InChI is InChI=1S/C25H27N3O4S2/c1-18-8-9-19(2)22(16-18)27-25(29)24(20-6-4-3-5-7-20)33-23-11-10-21(17-26-23)34(30,31)28-12-14-32-15-13-28/h3-11,16-17,24H,12-15H2,1-2H3,(H,27,29)/t24-/m0/s1. The highest BCUT2D eigenvalue weighted by molar-refractivity contribution is 8.00. The number of benzene rings is 2. The van der Waals surface area contributed by atoms with Gasteiger partial charge >= 0.3 is 0 Å². The van der Waals surface area contributed by atoms with Gasteiger partial charge in [0.05, 0.1) is 18.2 Å². The average Bonchev–Trinajstić information content (AvgIpc) is 2.86. The van der Waals surface area contributed by atoms with Gasteiger partial charge in [0.15, 0.2) is 0 Å². The Morgan fingerprint density at radius 2 is 1.79 bits per heavy atom. The zero-order valence-electron chi connectivity index (χ0n) is 19.1. The fraction of sp³-hybridized carbons (Fsp3) is 0.280. The summed E-state index contributed by atoms with van der Waals surface area (Å²) in [5.41, 5.74) is 3.64. The lowest BCUT2D eigenvalue weighted by Gasteiger charge is -2.25. The molecule has 0 unspecified atom stereocenters. The summed E-state index contributed by atoms with van der Waals surface area (Å²) in [5, 5.41) is 3.05. The van der Waals surface area contributed by atoms with Gasteiger partial charge in [0, 0.05) is 25.0 Å². The number of rotatable bonds is 7. The lowest BCUT2D eigenvalue weighted by Crippen LogP contribution is -2.40. The first kappa shape index (κ1) is 24.4. The second kappa shape index (κ2) is 10.7. The van der Waals surface area contributed by atoms with Crippen LogP contribution in [0.25, 0.3) is 0 Å². The molecule has 1 N–H and O–H groups in total. The summed E-state index contributed by atoms with van der Waals surface area (Å²) in [6.45, 7) is 5.36. The summed E-state index contributed by atoms with van der Waals surface area (Å²) in [5.74, 6) is -0.170. The van der Waals surface area contributed by atoms with E-state index in [4.69, 9.17) is 4.74 Å². The summed E-state index contributed by atoms with van der Waals surface area (Å²) in [4.78, 5) is 17.8. The van der Waals surface area contributed by atoms with Crippen LogP contribution in [0.15, 0.2) is 76.8 Å². The molecule has 0 saturated carbocycles. The zero-order valence-corrected chi connectivity index (χ0v) is 20.7. The van der Waals surface area contributed by atoms with Crippen molar-refractivity contribution in [1.82, 2.24) is 9.29 Å². The van der Waals surface area contributed by atoms with E-state index in [-0.39, 0.29) is 10.8 Å². The molecule has 3 aromatic rings. The number of nitrogens with zero attached hydrogens (tertiary/aromatic N) is 2. The minimum Gasteiger partial charge on any atom is -0.379 e. The largest absolute Gasteiger partial charge is 0.379 e. The van der Waals surface area contributed by atoms with Crippen LogP contribution in [0.5, 0.6) is 0 Å². The van der Waals surface area contributed by atoms with E-state index in [2.05, 4.69) is 10.3 Å². The summed E-state index contributed by atoms with van der Waals surface area (Å²) >= 11 is 1.28. The molecular formula is C25H27N3O4S2. The molecule has 1 aliphatic heterocycles. The quantitative estimate of drug-likeness (QED) is 0.493. The number of ether oxygens (including phenoxy) is 1. The molecule has 0 spiro atoms. The third-order valence-electron chi connectivity index (χ3n) is 5.55. The molecule has 4 rings (SSSR count). The van der Waals surface area contributed by atoms with E-state index in [1.54, 1.807) is 12.1 Å². The smallest absolute Gasteiger partial charge is 0.244 e. The molecule has 1 aliphatic rings. The number of hydrogen-bond donors (Lipinski definition) is 1. The Bertz CT molecular complexity index is 1240. The van der Waals surface area contributed by atoms with Crippen molar-refractivity contribution >= 4 is 33.4 Å². The van der Waals surface area contributed by atoms with Crippen molar-refractivity contribution in [2.24, 2.45) is 0 Å². The number of carbonyl (C=O) groups is 1. The number of morpholine rings is 1. The van der Waals surface area contributed by atoms with Gasteiger partial charge in [0.2, 0.25) is 15.9 Å². The number of aromatic nitrogens is 1. The van der Waals surface area contributed by atoms with Crippen molar-refractivity contribution < 1.29 is 17.9 Å². The maximum absolute atomic E-state index is 13.3. The van der Waals surface area contributed by atoms with Gasteiger partial charge in [-0.1, -0.05) is 54.2 Å². The fourth-order valence-electron chi connectivity index (χ4n) is 3.62. The van der Waals surface area contributed by atoms with E-state index in [0.29, 0.717) is 31.3 Å². The van der Waals surface area contributed by atoms with E-state index < -0.39 is 15.3 Å². The molecule has 2 heterocycles. The average molecular weight is 498 g/mol. The van der Waals surface area contributed by atoms with Gasteiger partial charge in [0.25, 0.3) is 0 Å². The Morgan fingerprint density at radius 3 is 2.47 bits per heavy atom. The Labute approximate surface area is 204 Å². The summed E-state index contributed by atoms with van der Waals surface area (Å²) in [7, 11) is -3.62. The van der Waals surface area contributed by atoms with Gasteiger partial charge < -0.3 is 10.1 Å². The highest BCUT2D eigenvalue weighted by atomic mass is 32.2. The SMILES string of the molecule is Cc1ccc(C)c(NC(=O)[C@@H](Sc2ccc(S(=O)(=O)N3CCOCC3)cn2)c2ccccc2)c1. The van der Waals surface area contributed by atoms with Gasteiger partial charge in [-0.15, -0.1) is 0 Å². The van der Waals surface area contributed by atoms with Crippen LogP contribution in [-0.2, 0) is 19.6 Å². The second-order valence-electron chi connectivity index (χ2n) is 8.06. The molecule has 0 bridgehead atoms. The number of nitrogens with one attached hydrogen (secondary N) is 1. The first-order valence-electron chi connectivity index (χ1n) is 11.0. The van der Waals surface area contributed by atoms with Crippen molar-refractivity contribution in [2.45, 2.75) is 29.0 Å². The third kappa shape index (κ3) is 5.67. The molecule has 1 aromatic heterocycles. The second-order valence-corrected chi connectivity index (χ2v) is 11.1. The minimum atomic E-state index is -3.62. The van der Waals surface area contributed by atoms with Crippen LogP contribution >= 0.6 is 11.8 Å². The predicted octanol–water partition coefficient (Wildman–Crippen LogP) is 4.19. The highest BCUT2D eigenvalue weighted by Gasteiger charge is 2.27. The van der Waals surface area contributed by atoms with Crippen molar-refractivity contribution in [3.05, 3.63) is 83.6 Å². The number of carbonyl (C=O) groups excluding carboxylic acids is 1. The Hall–Kier alpha value is -2.72. The van der Waals surface area contributed by atoms with Crippen LogP contribution in [0.1, 0.15) is 21.9 Å². The molecule has 2 aromatic carbocycles. The normalized spacial score (nSPS) is 15.6. The van der Waals surface area contributed by atoms with Crippen LogP contribution in [0.2, 0.25) is 0 Å². The van der Waals surface area contributed by atoms with Crippen LogP contribution < -0.4 is 5.32 Å². The van der Waals surface area contributed by atoms with Crippen LogP contribution in [0.4, 0.5) is 5.69 Å². The number of amides is 1. The first-order valence-corrected chi connectivity index (χ1v) is 13.3. The molecular weight excluding hydrogens is 470 g/mol. The Morgan fingerprint density at radius 1 is 1.06 bits per heavy atom. The molecule has 178 valence electrons. The lowest BCUT2D eigenvalue weighted by atomic mass is 10.1. The number of pyridine rings is 1. The lowest BCUT2D eigenvalue weighted by molar-refractivity contribution is -0.115. The Kier molecular flexibility index (Phi) is 7.67. The Balaban J connectivity index is 1.56. The van der Waals surface area contributed by atoms with Crippen molar-refractivity contribution in [3.8, 4) is 0 Å². The fourth-order valence-corrected chi connectivity index (χ4v) is 5.93. The van der Waals surface area contributed by atoms with E-state index in [1.165, 1.54) is 22.3 Å². The topological polar surface area (TPSA) is 88.6 Å². The first-order chi connectivity index (χ1) is 16.3. The number of aryl methyl sites for hydroxylation is 2. The van der Waals surface area contributed by atoms with Gasteiger partial charge in [-0.25, -0.2) is 13.4 Å². The van der Waals surface area contributed by atoms with Crippen molar-refractivity contribution in [2.75, 3.05) is 31.6 Å². The maximum Gasteiger partial charge on any atom is 0.244 e. The molecule has 1 fully saturated rings. The molecule has 0 aliphatic carbocycles. The van der Waals surface area contributed by atoms with Gasteiger partial charge in [-0.05, 0) is 48.7 Å². The molecule has 1 amide bonds. The number of thioether (sulfide) groups is 1. The van der Waals surface area contributed by atoms with Gasteiger partial charge in [-0.3, -0.25) is 4.79 Å². The molecule has 0 radical (unpaired) electrons. The summed E-state index contributed by atoms with van der Waals surface area (Å²) in [6, 6.07) is 18.6. The van der Waals surface area contributed by atoms with E-state index in [9.17, 15) is 13.2 Å². The monoisotopic (exact) mass is 497 g/mol. The van der Waals surface area contributed by atoms with E-state index >= 15 is 0 Å². The van der Waals surface area contributed by atoms with Crippen LogP contribution in [0, 0.1) is 13.8 Å². The van der Waals surface area contributed by atoms with E-state index in [0.717, 1.165) is 22.4 Å². The molecule has 7 nitrogen and oxygen atoms in total. The van der Waals surface area contributed by atoms with Gasteiger partial charge in [-0.2, -0.15) is 4.31 Å². The molecule has 9 heteroatoms. The maximum atomic E-state index is 13.3. The molecule has 1 atom stereocenters. The minimum absolute atomic E-state index is 0.134. The van der Waals surface area contributed by atoms with Crippen LogP contribution in [-0.4, -0.2) is 49.9 Å². The summed E-state index contributed by atoms with van der Waals surface area (Å²) in [6.07, 6.45) is 1.36. The highest BCUT2D eigenvalue weighted by Crippen LogP contribution is 2.36. The molecule has 1 saturated heterocycles. The third-order valence-corrected chi connectivity index (χ3v) is 8.63. The van der Waals surface area contributed by atoms with Crippen molar-refractivity contribution in [3.63, 3.8) is 0 Å². The van der Waals surface area contributed by atoms with Crippen molar-refractivity contribution in [1.29, 1.82) is 0 Å². The zero-order chi connectivity index (χ0) is 24.1. The molecule has 34 heavy (non-hydrogen) atoms. The van der Waals surface area contributed by atoms with Crippen LogP contribution in [0.3, 0.4) is 0 Å². The number of hydrogen-bond acceptors (Lipinski definition) is 6. The summed E-state index contributed by atoms with van der Waals surface area (Å²) < 4.78 is 32.4. The number of sulfonamides is 1.